The Morgan fingerprint density at radius 1 is 1.15 bits per heavy atom. The van der Waals surface area contributed by atoms with E-state index in [4.69, 9.17) is 0 Å². The SMILES string of the molecule is CCNC(=NCCc1nc(C)c(C)s1)NCCNC(=O)c1ccc(O)cc1. The van der Waals surface area contributed by atoms with Gasteiger partial charge in [-0.3, -0.25) is 9.79 Å². The van der Waals surface area contributed by atoms with Crippen molar-refractivity contribution < 1.29 is 9.90 Å². The van der Waals surface area contributed by atoms with Gasteiger partial charge in [-0.25, -0.2) is 4.98 Å². The Balaban J connectivity index is 1.74. The molecule has 0 saturated heterocycles. The van der Waals surface area contributed by atoms with Crippen LogP contribution in [0.3, 0.4) is 0 Å². The molecule has 0 atom stereocenters. The fourth-order valence-electron chi connectivity index (χ4n) is 2.32. The van der Waals surface area contributed by atoms with E-state index in [0.717, 1.165) is 29.6 Å². The molecule has 0 aliphatic carbocycles. The highest BCUT2D eigenvalue weighted by Gasteiger charge is 2.05. The van der Waals surface area contributed by atoms with Crippen molar-refractivity contribution >= 4 is 23.2 Å². The van der Waals surface area contributed by atoms with Crippen LogP contribution in [0.1, 0.15) is 32.9 Å². The Bertz CT molecular complexity index is 751. The standard InChI is InChI=1S/C19H27N5O2S/c1-4-20-19(22-10-9-17-24-13(2)14(3)27-17)23-12-11-21-18(26)15-5-7-16(25)8-6-15/h5-8,25H,4,9-12H2,1-3H3,(H,21,26)(H2,20,22,23). The summed E-state index contributed by atoms with van der Waals surface area (Å²) < 4.78 is 0. The first-order valence-corrected chi connectivity index (χ1v) is 9.83. The molecule has 0 aliphatic heterocycles. The van der Waals surface area contributed by atoms with Gasteiger partial charge in [-0.15, -0.1) is 11.3 Å². The van der Waals surface area contributed by atoms with Gasteiger partial charge in [0.2, 0.25) is 0 Å². The highest BCUT2D eigenvalue weighted by Crippen LogP contribution is 2.16. The number of aryl methyl sites for hydroxylation is 2. The van der Waals surface area contributed by atoms with Gasteiger partial charge in [-0.05, 0) is 45.0 Å². The van der Waals surface area contributed by atoms with Gasteiger partial charge in [-0.1, -0.05) is 0 Å². The van der Waals surface area contributed by atoms with E-state index < -0.39 is 0 Å². The number of hydrogen-bond donors (Lipinski definition) is 4. The Labute approximate surface area is 163 Å². The fourth-order valence-corrected chi connectivity index (χ4v) is 3.25. The number of rotatable bonds is 8. The van der Waals surface area contributed by atoms with Gasteiger partial charge < -0.3 is 21.1 Å². The summed E-state index contributed by atoms with van der Waals surface area (Å²) in [6.07, 6.45) is 0.813. The minimum atomic E-state index is -0.173. The van der Waals surface area contributed by atoms with Crippen LogP contribution in [0.2, 0.25) is 0 Å². The lowest BCUT2D eigenvalue weighted by atomic mass is 10.2. The lowest BCUT2D eigenvalue weighted by molar-refractivity contribution is 0.0954. The van der Waals surface area contributed by atoms with E-state index in [0.29, 0.717) is 25.2 Å². The molecule has 2 rings (SSSR count). The third-order valence-electron chi connectivity index (χ3n) is 3.85. The third-order valence-corrected chi connectivity index (χ3v) is 4.98. The highest BCUT2D eigenvalue weighted by molar-refractivity contribution is 7.11. The van der Waals surface area contributed by atoms with Crippen LogP contribution in [0.5, 0.6) is 5.75 Å². The second kappa shape index (κ2) is 10.5. The molecular weight excluding hydrogens is 362 g/mol. The number of phenols is 1. The summed E-state index contributed by atoms with van der Waals surface area (Å²) in [5.41, 5.74) is 1.61. The smallest absolute Gasteiger partial charge is 0.251 e. The molecular formula is C19H27N5O2S. The first kappa shape index (κ1) is 20.7. The van der Waals surface area contributed by atoms with E-state index >= 15 is 0 Å². The number of carbonyl (C=O) groups is 1. The maximum absolute atomic E-state index is 12.0. The van der Waals surface area contributed by atoms with Crippen molar-refractivity contribution in [2.45, 2.75) is 27.2 Å². The van der Waals surface area contributed by atoms with Gasteiger partial charge in [0.05, 0.1) is 10.7 Å². The first-order valence-electron chi connectivity index (χ1n) is 9.02. The van der Waals surface area contributed by atoms with Crippen LogP contribution < -0.4 is 16.0 Å². The second-order valence-electron chi connectivity index (χ2n) is 5.99. The molecule has 1 amide bonds. The number of thiazole rings is 1. The van der Waals surface area contributed by atoms with E-state index in [2.05, 4.69) is 32.9 Å². The van der Waals surface area contributed by atoms with Crippen LogP contribution in [-0.2, 0) is 6.42 Å². The number of benzene rings is 1. The average Bonchev–Trinajstić information content (AvgIpc) is 2.96. The zero-order chi connectivity index (χ0) is 19.6. The summed E-state index contributed by atoms with van der Waals surface area (Å²) in [5.74, 6) is 0.692. The molecule has 0 saturated carbocycles. The number of aromatic nitrogens is 1. The van der Waals surface area contributed by atoms with Crippen molar-refractivity contribution in [1.82, 2.24) is 20.9 Å². The summed E-state index contributed by atoms with van der Waals surface area (Å²) in [7, 11) is 0. The van der Waals surface area contributed by atoms with E-state index in [-0.39, 0.29) is 11.7 Å². The van der Waals surface area contributed by atoms with Gasteiger partial charge in [0.25, 0.3) is 5.91 Å². The average molecular weight is 390 g/mol. The zero-order valence-corrected chi connectivity index (χ0v) is 16.8. The molecule has 8 heteroatoms. The normalized spacial score (nSPS) is 11.3. The fraction of sp³-hybridized carbons (Fsp3) is 0.421. The molecule has 2 aromatic rings. The molecule has 0 spiro atoms. The van der Waals surface area contributed by atoms with Crippen molar-refractivity contribution in [3.05, 3.63) is 45.4 Å². The van der Waals surface area contributed by atoms with Crippen LogP contribution in [0.25, 0.3) is 0 Å². The Kier molecular flexibility index (Phi) is 8.06. The number of guanidine groups is 1. The predicted molar refractivity (Wildman–Crippen MR) is 110 cm³/mol. The summed E-state index contributed by atoms with van der Waals surface area (Å²) in [6.45, 7) is 8.56. The molecule has 1 heterocycles. The summed E-state index contributed by atoms with van der Waals surface area (Å²) >= 11 is 1.72. The lowest BCUT2D eigenvalue weighted by Crippen LogP contribution is -2.41. The number of amides is 1. The number of phenolic OH excluding ortho intramolecular Hbond substituents is 1. The van der Waals surface area contributed by atoms with Gasteiger partial charge in [0.15, 0.2) is 5.96 Å². The molecule has 1 aromatic heterocycles. The molecule has 146 valence electrons. The second-order valence-corrected chi connectivity index (χ2v) is 7.28. The number of nitrogens with one attached hydrogen (secondary N) is 3. The zero-order valence-electron chi connectivity index (χ0n) is 16.0. The molecule has 0 aliphatic rings. The number of carbonyl (C=O) groups excluding carboxylic acids is 1. The Morgan fingerprint density at radius 3 is 2.48 bits per heavy atom. The summed E-state index contributed by atoms with van der Waals surface area (Å²) in [5, 5.41) is 19.6. The van der Waals surface area contributed by atoms with E-state index in [1.165, 1.54) is 17.0 Å². The molecule has 0 fully saturated rings. The van der Waals surface area contributed by atoms with Gasteiger partial charge in [0, 0.05) is 43.0 Å². The van der Waals surface area contributed by atoms with Crippen molar-refractivity contribution in [3.8, 4) is 5.75 Å². The van der Waals surface area contributed by atoms with Crippen LogP contribution in [-0.4, -0.2) is 48.1 Å². The van der Waals surface area contributed by atoms with Crippen molar-refractivity contribution in [3.63, 3.8) is 0 Å². The number of aliphatic imine (C=N–C) groups is 1. The van der Waals surface area contributed by atoms with Crippen LogP contribution in [0, 0.1) is 13.8 Å². The number of hydrogen-bond acceptors (Lipinski definition) is 5. The molecule has 0 radical (unpaired) electrons. The molecule has 4 N–H and O–H groups in total. The quantitative estimate of drug-likeness (QED) is 0.314. The molecule has 7 nitrogen and oxygen atoms in total. The van der Waals surface area contributed by atoms with Crippen LogP contribution in [0.15, 0.2) is 29.3 Å². The van der Waals surface area contributed by atoms with E-state index in [1.54, 1.807) is 23.5 Å². The van der Waals surface area contributed by atoms with E-state index in [1.807, 2.05) is 13.8 Å². The maximum atomic E-state index is 12.0. The minimum Gasteiger partial charge on any atom is -0.508 e. The van der Waals surface area contributed by atoms with Crippen LogP contribution >= 0.6 is 11.3 Å². The first-order chi connectivity index (χ1) is 13.0. The summed E-state index contributed by atoms with van der Waals surface area (Å²) in [4.78, 5) is 22.3. The maximum Gasteiger partial charge on any atom is 0.251 e. The Hall–Kier alpha value is -2.61. The Morgan fingerprint density at radius 2 is 1.85 bits per heavy atom. The van der Waals surface area contributed by atoms with Crippen molar-refractivity contribution in [2.24, 2.45) is 4.99 Å². The summed E-state index contributed by atoms with van der Waals surface area (Å²) in [6, 6.07) is 6.17. The molecule has 0 bridgehead atoms. The topological polar surface area (TPSA) is 98.6 Å². The monoisotopic (exact) mass is 389 g/mol. The largest absolute Gasteiger partial charge is 0.508 e. The molecule has 0 unspecified atom stereocenters. The number of nitrogens with zero attached hydrogens (tertiary/aromatic N) is 2. The van der Waals surface area contributed by atoms with Gasteiger partial charge in [0.1, 0.15) is 5.75 Å². The molecule has 1 aromatic carbocycles. The highest BCUT2D eigenvalue weighted by atomic mass is 32.1. The van der Waals surface area contributed by atoms with Gasteiger partial charge >= 0.3 is 0 Å². The lowest BCUT2D eigenvalue weighted by Gasteiger charge is -2.11. The van der Waals surface area contributed by atoms with Crippen LogP contribution in [0.4, 0.5) is 0 Å². The number of aromatic hydroxyl groups is 1. The van der Waals surface area contributed by atoms with Crippen molar-refractivity contribution in [1.29, 1.82) is 0 Å². The van der Waals surface area contributed by atoms with Crippen molar-refractivity contribution in [2.75, 3.05) is 26.2 Å². The molecule has 27 heavy (non-hydrogen) atoms. The third kappa shape index (κ3) is 6.90. The van der Waals surface area contributed by atoms with Gasteiger partial charge in [-0.2, -0.15) is 0 Å². The predicted octanol–water partition coefficient (Wildman–Crippen LogP) is 1.99. The van der Waals surface area contributed by atoms with E-state index in [9.17, 15) is 9.90 Å². The minimum absolute atomic E-state index is 0.141.